The molecule has 1 heteroatoms. The van der Waals surface area contributed by atoms with Gasteiger partial charge in [-0.1, -0.05) is 78.1 Å². The zero-order chi connectivity index (χ0) is 15.0. The molecule has 0 spiro atoms. The van der Waals surface area contributed by atoms with Gasteiger partial charge >= 0.3 is 0 Å². The lowest BCUT2D eigenvalue weighted by atomic mass is 9.86. The van der Waals surface area contributed by atoms with Gasteiger partial charge in [-0.2, -0.15) is 0 Å². The van der Waals surface area contributed by atoms with E-state index in [-0.39, 0.29) is 5.41 Å². The van der Waals surface area contributed by atoms with E-state index in [2.05, 4.69) is 64.2 Å². The SMILES string of the molecule is CCCCCC(NCCC)c1ccc(C(C)(C)C)cc1. The normalized spacial score (nSPS) is 13.4. The molecule has 114 valence electrons. The molecule has 0 aliphatic heterocycles. The number of rotatable bonds is 8. The Morgan fingerprint density at radius 1 is 0.950 bits per heavy atom. The maximum Gasteiger partial charge on any atom is 0.0320 e. The van der Waals surface area contributed by atoms with Gasteiger partial charge in [-0.05, 0) is 35.9 Å². The van der Waals surface area contributed by atoms with Crippen LogP contribution in [-0.4, -0.2) is 6.54 Å². The first-order valence-electron chi connectivity index (χ1n) is 8.32. The van der Waals surface area contributed by atoms with Gasteiger partial charge in [-0.3, -0.25) is 0 Å². The van der Waals surface area contributed by atoms with E-state index in [1.54, 1.807) is 0 Å². The molecule has 1 aromatic carbocycles. The number of hydrogen-bond acceptors (Lipinski definition) is 1. The molecule has 0 heterocycles. The van der Waals surface area contributed by atoms with Crippen LogP contribution >= 0.6 is 0 Å². The second-order valence-corrected chi connectivity index (χ2v) is 6.87. The van der Waals surface area contributed by atoms with Crippen molar-refractivity contribution in [3.8, 4) is 0 Å². The van der Waals surface area contributed by atoms with E-state index < -0.39 is 0 Å². The van der Waals surface area contributed by atoms with Crippen LogP contribution < -0.4 is 5.32 Å². The summed E-state index contributed by atoms with van der Waals surface area (Å²) >= 11 is 0. The van der Waals surface area contributed by atoms with E-state index in [1.165, 1.54) is 43.2 Å². The van der Waals surface area contributed by atoms with Crippen LogP contribution in [0.4, 0.5) is 0 Å². The monoisotopic (exact) mass is 275 g/mol. The molecule has 0 aliphatic carbocycles. The van der Waals surface area contributed by atoms with Gasteiger partial charge in [0.15, 0.2) is 0 Å². The highest BCUT2D eigenvalue weighted by Gasteiger charge is 2.15. The van der Waals surface area contributed by atoms with Crippen molar-refractivity contribution in [2.75, 3.05) is 6.54 Å². The lowest BCUT2D eigenvalue weighted by molar-refractivity contribution is 0.474. The molecular formula is C19H33N. The van der Waals surface area contributed by atoms with Crippen molar-refractivity contribution in [1.29, 1.82) is 0 Å². The van der Waals surface area contributed by atoms with Crippen LogP contribution in [0.2, 0.25) is 0 Å². The van der Waals surface area contributed by atoms with E-state index in [1.807, 2.05) is 0 Å². The van der Waals surface area contributed by atoms with E-state index in [9.17, 15) is 0 Å². The molecule has 0 aromatic heterocycles. The van der Waals surface area contributed by atoms with E-state index in [0.717, 1.165) is 6.54 Å². The summed E-state index contributed by atoms with van der Waals surface area (Å²) in [7, 11) is 0. The van der Waals surface area contributed by atoms with Gasteiger partial charge in [-0.15, -0.1) is 0 Å². The fourth-order valence-corrected chi connectivity index (χ4v) is 2.52. The van der Waals surface area contributed by atoms with Gasteiger partial charge in [-0.25, -0.2) is 0 Å². The second-order valence-electron chi connectivity index (χ2n) is 6.87. The highest BCUT2D eigenvalue weighted by molar-refractivity contribution is 5.29. The number of hydrogen-bond donors (Lipinski definition) is 1. The molecule has 0 radical (unpaired) electrons. The predicted molar refractivity (Wildman–Crippen MR) is 90.3 cm³/mol. The maximum atomic E-state index is 3.70. The summed E-state index contributed by atoms with van der Waals surface area (Å²) in [6.07, 6.45) is 6.40. The molecule has 0 amide bonds. The summed E-state index contributed by atoms with van der Waals surface area (Å²) in [6.45, 7) is 12.4. The van der Waals surface area contributed by atoms with Crippen LogP contribution in [0.3, 0.4) is 0 Å². The Balaban J connectivity index is 2.73. The molecule has 0 aliphatic rings. The summed E-state index contributed by atoms with van der Waals surface area (Å²) in [5.74, 6) is 0. The van der Waals surface area contributed by atoms with Gasteiger partial charge in [0.25, 0.3) is 0 Å². The molecule has 0 bridgehead atoms. The van der Waals surface area contributed by atoms with Gasteiger partial charge in [0, 0.05) is 6.04 Å². The summed E-state index contributed by atoms with van der Waals surface area (Å²) in [4.78, 5) is 0. The summed E-state index contributed by atoms with van der Waals surface area (Å²) in [5.41, 5.74) is 3.11. The van der Waals surface area contributed by atoms with Crippen LogP contribution in [0, 0.1) is 0 Å². The van der Waals surface area contributed by atoms with Crippen LogP contribution in [0.1, 0.15) is 83.9 Å². The molecule has 1 nitrogen and oxygen atoms in total. The standard InChI is InChI=1S/C19H33N/c1-6-8-9-10-18(20-15-7-2)16-11-13-17(14-12-16)19(3,4)5/h11-14,18,20H,6-10,15H2,1-5H3. The zero-order valence-electron chi connectivity index (χ0n) is 14.1. The summed E-state index contributed by atoms with van der Waals surface area (Å²) < 4.78 is 0. The van der Waals surface area contributed by atoms with Crippen molar-refractivity contribution >= 4 is 0 Å². The third kappa shape index (κ3) is 5.66. The van der Waals surface area contributed by atoms with Crippen molar-refractivity contribution < 1.29 is 0 Å². The maximum absolute atomic E-state index is 3.70. The molecule has 0 fully saturated rings. The minimum Gasteiger partial charge on any atom is -0.310 e. The third-order valence-electron chi connectivity index (χ3n) is 3.92. The van der Waals surface area contributed by atoms with Crippen molar-refractivity contribution in [2.45, 2.75) is 78.2 Å². The topological polar surface area (TPSA) is 12.0 Å². The largest absolute Gasteiger partial charge is 0.310 e. The smallest absolute Gasteiger partial charge is 0.0320 e. The molecule has 1 unspecified atom stereocenters. The first kappa shape index (κ1) is 17.2. The Bertz CT molecular complexity index is 358. The van der Waals surface area contributed by atoms with Crippen molar-refractivity contribution in [3.05, 3.63) is 35.4 Å². The highest BCUT2D eigenvalue weighted by Crippen LogP contribution is 2.26. The van der Waals surface area contributed by atoms with Crippen molar-refractivity contribution in [1.82, 2.24) is 5.32 Å². The highest BCUT2D eigenvalue weighted by atomic mass is 14.9. The molecule has 1 atom stereocenters. The lowest BCUT2D eigenvalue weighted by Gasteiger charge is -2.22. The van der Waals surface area contributed by atoms with E-state index >= 15 is 0 Å². The second kappa shape index (κ2) is 8.46. The summed E-state index contributed by atoms with van der Waals surface area (Å²) in [6, 6.07) is 9.76. The molecule has 1 rings (SSSR count). The van der Waals surface area contributed by atoms with Crippen LogP contribution in [0.25, 0.3) is 0 Å². The van der Waals surface area contributed by atoms with Gasteiger partial charge in [0.2, 0.25) is 0 Å². The fourth-order valence-electron chi connectivity index (χ4n) is 2.52. The fraction of sp³-hybridized carbons (Fsp3) is 0.684. The minimum absolute atomic E-state index is 0.243. The number of nitrogens with one attached hydrogen (secondary N) is 1. The Kier molecular flexibility index (Phi) is 7.29. The summed E-state index contributed by atoms with van der Waals surface area (Å²) in [5, 5.41) is 3.70. The molecule has 0 saturated heterocycles. The van der Waals surface area contributed by atoms with Gasteiger partial charge < -0.3 is 5.32 Å². The van der Waals surface area contributed by atoms with Crippen LogP contribution in [0.15, 0.2) is 24.3 Å². The average molecular weight is 275 g/mol. The quantitative estimate of drug-likeness (QED) is 0.608. The Morgan fingerprint density at radius 3 is 2.10 bits per heavy atom. The Morgan fingerprint density at radius 2 is 1.60 bits per heavy atom. The van der Waals surface area contributed by atoms with E-state index in [4.69, 9.17) is 0 Å². The first-order valence-corrected chi connectivity index (χ1v) is 8.32. The van der Waals surface area contributed by atoms with Gasteiger partial charge in [0.1, 0.15) is 0 Å². The Labute approximate surface area is 126 Å². The molecular weight excluding hydrogens is 242 g/mol. The minimum atomic E-state index is 0.243. The molecule has 20 heavy (non-hydrogen) atoms. The van der Waals surface area contributed by atoms with Crippen LogP contribution in [-0.2, 0) is 5.41 Å². The predicted octanol–water partition coefficient (Wildman–Crippen LogP) is 5.61. The lowest BCUT2D eigenvalue weighted by Crippen LogP contribution is -2.22. The van der Waals surface area contributed by atoms with Crippen LogP contribution in [0.5, 0.6) is 0 Å². The average Bonchev–Trinajstić information content (AvgIpc) is 2.42. The van der Waals surface area contributed by atoms with Gasteiger partial charge in [0.05, 0.1) is 0 Å². The Hall–Kier alpha value is -0.820. The zero-order valence-corrected chi connectivity index (χ0v) is 14.1. The molecule has 0 saturated carbocycles. The third-order valence-corrected chi connectivity index (χ3v) is 3.92. The van der Waals surface area contributed by atoms with Crippen molar-refractivity contribution in [3.63, 3.8) is 0 Å². The first-order chi connectivity index (χ1) is 9.49. The number of unbranched alkanes of at least 4 members (excludes halogenated alkanes) is 2. The van der Waals surface area contributed by atoms with E-state index in [0.29, 0.717) is 6.04 Å². The van der Waals surface area contributed by atoms with Crippen molar-refractivity contribution in [2.24, 2.45) is 0 Å². The number of benzene rings is 1. The molecule has 1 aromatic rings. The molecule has 1 N–H and O–H groups in total.